The lowest BCUT2D eigenvalue weighted by molar-refractivity contribution is -0.425. The Morgan fingerprint density at radius 3 is 2.70 bits per heavy atom. The molecule has 0 aromatic heterocycles. The molecule has 2 aliphatic rings. The van der Waals surface area contributed by atoms with E-state index in [-0.39, 0.29) is 18.4 Å². The van der Waals surface area contributed by atoms with Crippen LogP contribution in [0.1, 0.15) is 19.8 Å². The minimum absolute atomic E-state index is 0.141. The molecule has 142 valence electrons. The molecule has 2 heterocycles. The molecule has 2 aliphatic heterocycles. The Bertz CT molecular complexity index is 817. The van der Waals surface area contributed by atoms with Crippen LogP contribution in [0.5, 0.6) is 5.75 Å². The second-order valence-electron chi connectivity index (χ2n) is 6.23. The number of methoxy groups -OCH3 is 1. The number of allylic oxidation sites excluding steroid dienone is 1. The maximum Gasteiger partial charge on any atom is 0.501 e. The van der Waals surface area contributed by atoms with Crippen LogP contribution in [0.25, 0.3) is 0 Å². The minimum Gasteiger partial charge on any atom is -0.497 e. The van der Waals surface area contributed by atoms with Crippen LogP contribution in [0.2, 0.25) is 0 Å². The fraction of sp³-hybridized carbons (Fsp3) is 0.368. The number of fused-ring (bicyclic) bond motifs is 1. The quantitative estimate of drug-likeness (QED) is 0.726. The van der Waals surface area contributed by atoms with Gasteiger partial charge in [0.25, 0.3) is 5.91 Å². The highest BCUT2D eigenvalue weighted by atomic mass is 32.2. The molecule has 7 nitrogen and oxygen atoms in total. The molecule has 27 heavy (non-hydrogen) atoms. The van der Waals surface area contributed by atoms with Gasteiger partial charge in [0.1, 0.15) is 11.5 Å². The molecule has 0 saturated carbocycles. The Morgan fingerprint density at radius 1 is 1.30 bits per heavy atom. The van der Waals surface area contributed by atoms with E-state index in [4.69, 9.17) is 4.74 Å². The van der Waals surface area contributed by atoms with E-state index in [1.807, 2.05) is 6.92 Å². The van der Waals surface area contributed by atoms with Crippen molar-refractivity contribution in [2.75, 3.05) is 25.5 Å². The van der Waals surface area contributed by atoms with Crippen molar-refractivity contribution in [2.45, 2.75) is 25.0 Å². The van der Waals surface area contributed by atoms with E-state index < -0.39 is 11.3 Å². The fourth-order valence-electron chi connectivity index (χ4n) is 2.95. The highest BCUT2D eigenvalue weighted by Gasteiger charge is 2.48. The van der Waals surface area contributed by atoms with Gasteiger partial charge in [-0.25, -0.2) is 4.79 Å². The molecule has 8 heteroatoms. The minimum atomic E-state index is -0.451. The van der Waals surface area contributed by atoms with Gasteiger partial charge in [0, 0.05) is 5.69 Å². The average molecular weight is 388 g/mol. The summed E-state index contributed by atoms with van der Waals surface area (Å²) in [6.07, 6.45) is 3.36. The van der Waals surface area contributed by atoms with Crippen molar-refractivity contribution in [3.8, 4) is 5.75 Å². The first-order chi connectivity index (χ1) is 13.0. The molecule has 0 fully saturated rings. The van der Waals surface area contributed by atoms with Crippen molar-refractivity contribution in [2.24, 2.45) is 0 Å². The van der Waals surface area contributed by atoms with E-state index in [1.165, 1.54) is 21.2 Å². The number of nitrogens with one attached hydrogen (secondary N) is 1. The molecule has 1 atom stereocenters. The van der Waals surface area contributed by atoms with Crippen molar-refractivity contribution < 1.29 is 23.7 Å². The smallest absolute Gasteiger partial charge is 0.497 e. The zero-order valence-electron chi connectivity index (χ0n) is 15.3. The number of unbranched alkanes of at least 4 members (excludes halogenated alkanes) is 1. The molecule has 0 spiro atoms. The van der Waals surface area contributed by atoms with E-state index in [0.717, 1.165) is 12.8 Å². The van der Waals surface area contributed by atoms with Gasteiger partial charge in [0.15, 0.2) is 11.8 Å². The van der Waals surface area contributed by atoms with Crippen LogP contribution in [0, 0.1) is 0 Å². The van der Waals surface area contributed by atoms with E-state index in [2.05, 4.69) is 5.32 Å². The van der Waals surface area contributed by atoms with Crippen molar-refractivity contribution in [1.29, 1.82) is 0 Å². The predicted octanol–water partition coefficient (Wildman–Crippen LogP) is 2.48. The normalized spacial score (nSPS) is 18.7. The highest BCUT2D eigenvalue weighted by molar-refractivity contribution is 8.04. The number of imide groups is 1. The van der Waals surface area contributed by atoms with Crippen LogP contribution >= 0.6 is 11.8 Å². The predicted molar refractivity (Wildman–Crippen MR) is 104 cm³/mol. The molecule has 1 N–H and O–H groups in total. The summed E-state index contributed by atoms with van der Waals surface area (Å²) in [5, 5.41) is 4.12. The molecule has 1 aromatic rings. The van der Waals surface area contributed by atoms with Crippen LogP contribution in [-0.4, -0.2) is 58.5 Å². The molecular formula is C19H22N3O4S+. The van der Waals surface area contributed by atoms with Crippen LogP contribution in [-0.2, 0) is 9.59 Å². The molecule has 0 radical (unpaired) electrons. The third kappa shape index (κ3) is 4.05. The monoisotopic (exact) mass is 388 g/mol. The standard InChI is InChI=1S/C19H21N3O4S/c1-3-4-10-21-18(24)17-15(9-11-27-17)22(19(21)25)12-16(23)20-13-5-7-14(26-2)8-6-13/h5-9,11,17H,3-4,10,12H2,1-2H3/p+1. The fourth-order valence-corrected chi connectivity index (χ4v) is 3.92. The summed E-state index contributed by atoms with van der Waals surface area (Å²) in [6.45, 7) is 2.23. The molecule has 0 bridgehead atoms. The van der Waals surface area contributed by atoms with Gasteiger partial charge >= 0.3 is 11.9 Å². The molecule has 0 saturated heterocycles. The van der Waals surface area contributed by atoms with Crippen molar-refractivity contribution in [3.05, 3.63) is 35.7 Å². The first kappa shape index (κ1) is 19.2. The van der Waals surface area contributed by atoms with E-state index in [9.17, 15) is 14.4 Å². The van der Waals surface area contributed by atoms with E-state index in [1.54, 1.807) is 42.9 Å². The van der Waals surface area contributed by atoms with E-state index in [0.29, 0.717) is 23.7 Å². The second-order valence-corrected chi connectivity index (χ2v) is 7.25. The summed E-state index contributed by atoms with van der Waals surface area (Å²) < 4.78 is 6.49. The third-order valence-corrected chi connectivity index (χ3v) is 5.41. The van der Waals surface area contributed by atoms with Crippen LogP contribution in [0.3, 0.4) is 0 Å². The summed E-state index contributed by atoms with van der Waals surface area (Å²) in [6, 6.07) is 6.51. The summed E-state index contributed by atoms with van der Waals surface area (Å²) in [5.74, 6) is 0.163. The van der Waals surface area contributed by atoms with Gasteiger partial charge in [0.2, 0.25) is 0 Å². The van der Waals surface area contributed by atoms with Crippen LogP contribution < -0.4 is 10.1 Å². The molecule has 1 aromatic carbocycles. The third-order valence-electron chi connectivity index (χ3n) is 4.40. The number of urea groups is 1. The molecule has 0 aliphatic carbocycles. The Hall–Kier alpha value is -2.61. The molecule has 3 rings (SSSR count). The first-order valence-corrected chi connectivity index (χ1v) is 9.75. The maximum atomic E-state index is 12.8. The number of nitrogens with zero attached hydrogens (tertiary/aromatic N) is 2. The second kappa shape index (κ2) is 8.39. The van der Waals surface area contributed by atoms with Crippen LogP contribution in [0.4, 0.5) is 10.5 Å². The largest absolute Gasteiger partial charge is 0.501 e. The number of benzene rings is 1. The summed E-state index contributed by atoms with van der Waals surface area (Å²) >= 11 is 1.36. The number of anilines is 1. The molecule has 1 unspecified atom stereocenters. The lowest BCUT2D eigenvalue weighted by Crippen LogP contribution is -2.56. The number of amides is 4. The number of thioether (sulfide) groups is 1. The number of hydrogen-bond donors (Lipinski definition) is 1. The Morgan fingerprint density at radius 2 is 2.04 bits per heavy atom. The summed E-state index contributed by atoms with van der Waals surface area (Å²) in [7, 11) is 1.57. The summed E-state index contributed by atoms with van der Waals surface area (Å²) in [4.78, 5) is 39.2. The number of rotatable bonds is 7. The van der Waals surface area contributed by atoms with E-state index >= 15 is 0 Å². The number of carbonyl (C=O) groups is 3. The topological polar surface area (TPSA) is 78.7 Å². The Labute approximate surface area is 162 Å². The zero-order chi connectivity index (χ0) is 19.4. The number of carbonyl (C=O) groups excluding carboxylic acids is 3. The first-order valence-electron chi connectivity index (χ1n) is 8.80. The van der Waals surface area contributed by atoms with Crippen molar-refractivity contribution in [1.82, 2.24) is 4.90 Å². The van der Waals surface area contributed by atoms with Crippen molar-refractivity contribution in [3.63, 3.8) is 0 Å². The van der Waals surface area contributed by atoms with Crippen molar-refractivity contribution >= 4 is 41.0 Å². The summed E-state index contributed by atoms with van der Waals surface area (Å²) in [5.41, 5.74) is 1.19. The Kier molecular flexibility index (Phi) is 5.95. The van der Waals surface area contributed by atoms with Crippen LogP contribution in [0.15, 0.2) is 35.7 Å². The highest BCUT2D eigenvalue weighted by Crippen LogP contribution is 2.28. The van der Waals surface area contributed by atoms with Gasteiger partial charge in [-0.1, -0.05) is 13.3 Å². The maximum absolute atomic E-state index is 12.8. The lowest BCUT2D eigenvalue weighted by Gasteiger charge is -2.24. The molecule has 4 amide bonds. The SMILES string of the molecule is CCCCN1C(=O)C2SC=CC2=[N+](CC(=O)Nc2ccc(OC)cc2)C1=O. The lowest BCUT2D eigenvalue weighted by atomic mass is 10.1. The van der Waals surface area contributed by atoms with Gasteiger partial charge in [0.05, 0.1) is 13.7 Å². The number of ether oxygens (including phenoxy) is 1. The Balaban J connectivity index is 1.77. The zero-order valence-corrected chi connectivity index (χ0v) is 16.1. The van der Waals surface area contributed by atoms with Gasteiger partial charge in [-0.05, 0) is 42.2 Å². The van der Waals surface area contributed by atoms with Gasteiger partial charge in [-0.2, -0.15) is 14.3 Å². The van der Waals surface area contributed by atoms with Gasteiger partial charge in [-0.15, -0.1) is 11.8 Å². The number of hydrogen-bond acceptors (Lipinski definition) is 5. The average Bonchev–Trinajstić information content (AvgIpc) is 3.16. The van der Waals surface area contributed by atoms with Gasteiger partial charge < -0.3 is 10.1 Å². The van der Waals surface area contributed by atoms with Gasteiger partial charge in [-0.3, -0.25) is 4.79 Å². The molecular weight excluding hydrogens is 366 g/mol.